The minimum atomic E-state index is 0.0474. The van der Waals surface area contributed by atoms with Gasteiger partial charge in [0.15, 0.2) is 0 Å². The molecule has 0 amide bonds. The highest BCUT2D eigenvalue weighted by atomic mass is 16.5. The van der Waals surface area contributed by atoms with Gasteiger partial charge in [0.25, 0.3) is 0 Å². The molecule has 0 aliphatic rings. The van der Waals surface area contributed by atoms with E-state index in [1.165, 1.54) is 0 Å². The topological polar surface area (TPSA) is 43.6 Å². The molecule has 1 aromatic carbocycles. The normalized spacial score (nSPS) is 12.3. The average Bonchev–Trinajstić information content (AvgIpc) is 2.88. The summed E-state index contributed by atoms with van der Waals surface area (Å²) in [6.45, 7) is 3.05. The van der Waals surface area contributed by atoms with Crippen LogP contribution >= 0.6 is 0 Å². The van der Waals surface area contributed by atoms with Gasteiger partial charge in [-0.25, -0.2) is 0 Å². The van der Waals surface area contributed by atoms with E-state index < -0.39 is 0 Å². The molecule has 4 heteroatoms. The lowest BCUT2D eigenvalue weighted by Crippen LogP contribution is -2.18. The van der Waals surface area contributed by atoms with E-state index in [1.807, 2.05) is 38.2 Å². The molecule has 2 rings (SSSR count). The van der Waals surface area contributed by atoms with Gasteiger partial charge in [0.1, 0.15) is 18.1 Å². The molecular weight excluding hydrogens is 254 g/mol. The maximum Gasteiger partial charge on any atom is 0.124 e. The second kappa shape index (κ2) is 7.12. The summed E-state index contributed by atoms with van der Waals surface area (Å²) in [6.07, 6.45) is 1.78. The molecule has 1 atom stereocenters. The van der Waals surface area contributed by atoms with Gasteiger partial charge < -0.3 is 19.2 Å². The van der Waals surface area contributed by atoms with Crippen molar-refractivity contribution in [2.75, 3.05) is 27.4 Å². The number of aryl methyl sites for hydroxylation is 1. The Morgan fingerprint density at radius 1 is 1.25 bits per heavy atom. The van der Waals surface area contributed by atoms with Crippen LogP contribution in [0.4, 0.5) is 0 Å². The summed E-state index contributed by atoms with van der Waals surface area (Å²) >= 11 is 0. The molecule has 0 bridgehead atoms. The molecule has 0 fully saturated rings. The van der Waals surface area contributed by atoms with Crippen molar-refractivity contribution in [3.63, 3.8) is 0 Å². The van der Waals surface area contributed by atoms with Gasteiger partial charge in [-0.2, -0.15) is 0 Å². The summed E-state index contributed by atoms with van der Waals surface area (Å²) in [5.74, 6) is 1.76. The molecule has 20 heavy (non-hydrogen) atoms. The van der Waals surface area contributed by atoms with Gasteiger partial charge >= 0.3 is 0 Å². The van der Waals surface area contributed by atoms with E-state index in [0.29, 0.717) is 13.2 Å². The summed E-state index contributed by atoms with van der Waals surface area (Å²) in [4.78, 5) is 0. The number of para-hydroxylation sites is 1. The quantitative estimate of drug-likeness (QED) is 0.789. The highest BCUT2D eigenvalue weighted by Crippen LogP contribution is 2.30. The molecule has 108 valence electrons. The third-order valence-corrected chi connectivity index (χ3v) is 3.15. The highest BCUT2D eigenvalue weighted by molar-refractivity contribution is 5.41. The molecule has 1 N–H and O–H groups in total. The van der Waals surface area contributed by atoms with E-state index >= 15 is 0 Å². The van der Waals surface area contributed by atoms with Crippen molar-refractivity contribution in [2.45, 2.75) is 13.0 Å². The predicted octanol–water partition coefficient (Wildman–Crippen LogP) is 2.92. The van der Waals surface area contributed by atoms with E-state index in [2.05, 4.69) is 11.4 Å². The Labute approximate surface area is 119 Å². The fourth-order valence-electron chi connectivity index (χ4n) is 2.20. The number of rotatable bonds is 7. The van der Waals surface area contributed by atoms with Crippen LogP contribution in [0, 0.1) is 6.92 Å². The van der Waals surface area contributed by atoms with Crippen LogP contribution < -0.4 is 10.1 Å². The summed E-state index contributed by atoms with van der Waals surface area (Å²) in [5, 5.41) is 3.31. The van der Waals surface area contributed by atoms with Crippen LogP contribution in [-0.2, 0) is 4.74 Å². The first-order chi connectivity index (χ1) is 9.76. The van der Waals surface area contributed by atoms with Gasteiger partial charge in [0.05, 0.1) is 18.9 Å². The maximum atomic E-state index is 5.79. The van der Waals surface area contributed by atoms with Crippen molar-refractivity contribution in [1.29, 1.82) is 0 Å². The number of benzene rings is 1. The molecular formula is C16H21NO3. The van der Waals surface area contributed by atoms with E-state index in [4.69, 9.17) is 13.9 Å². The number of hydrogen-bond donors (Lipinski definition) is 1. The lowest BCUT2D eigenvalue weighted by Gasteiger charge is -2.19. The van der Waals surface area contributed by atoms with Crippen molar-refractivity contribution in [2.24, 2.45) is 0 Å². The SMILES string of the molecule is CNC(c1coc(C)c1)c1ccccc1OCCOC. The van der Waals surface area contributed by atoms with E-state index in [9.17, 15) is 0 Å². The Morgan fingerprint density at radius 2 is 2.05 bits per heavy atom. The van der Waals surface area contributed by atoms with Gasteiger partial charge in [-0.05, 0) is 26.1 Å². The van der Waals surface area contributed by atoms with Gasteiger partial charge in [0.2, 0.25) is 0 Å². The molecule has 1 unspecified atom stereocenters. The van der Waals surface area contributed by atoms with Gasteiger partial charge in [-0.1, -0.05) is 18.2 Å². The maximum absolute atomic E-state index is 5.79. The third-order valence-electron chi connectivity index (χ3n) is 3.15. The molecule has 0 saturated heterocycles. The molecule has 0 radical (unpaired) electrons. The first-order valence-corrected chi connectivity index (χ1v) is 6.69. The Bertz CT molecular complexity index is 536. The minimum absolute atomic E-state index is 0.0474. The fourth-order valence-corrected chi connectivity index (χ4v) is 2.20. The minimum Gasteiger partial charge on any atom is -0.491 e. The van der Waals surface area contributed by atoms with Crippen molar-refractivity contribution >= 4 is 0 Å². The van der Waals surface area contributed by atoms with Crippen LogP contribution in [0.2, 0.25) is 0 Å². The monoisotopic (exact) mass is 275 g/mol. The Morgan fingerprint density at radius 3 is 2.70 bits per heavy atom. The smallest absolute Gasteiger partial charge is 0.124 e. The predicted molar refractivity (Wildman–Crippen MR) is 78.2 cm³/mol. The van der Waals surface area contributed by atoms with Crippen molar-refractivity contribution in [3.05, 3.63) is 53.5 Å². The molecule has 0 aliphatic heterocycles. The summed E-state index contributed by atoms with van der Waals surface area (Å²) < 4.78 is 16.2. The second-order valence-electron chi connectivity index (χ2n) is 4.59. The molecule has 1 heterocycles. The lowest BCUT2D eigenvalue weighted by molar-refractivity contribution is 0.145. The van der Waals surface area contributed by atoms with Gasteiger partial charge in [-0.3, -0.25) is 0 Å². The summed E-state index contributed by atoms with van der Waals surface area (Å²) in [6, 6.07) is 10.1. The number of furan rings is 1. The van der Waals surface area contributed by atoms with Crippen LogP contribution in [0.1, 0.15) is 22.9 Å². The number of ether oxygens (including phenoxy) is 2. The first kappa shape index (κ1) is 14.6. The second-order valence-corrected chi connectivity index (χ2v) is 4.59. The summed E-state index contributed by atoms with van der Waals surface area (Å²) in [5.41, 5.74) is 2.18. The highest BCUT2D eigenvalue weighted by Gasteiger charge is 2.18. The number of methoxy groups -OCH3 is 1. The van der Waals surface area contributed by atoms with Crippen molar-refractivity contribution in [1.82, 2.24) is 5.32 Å². The summed E-state index contributed by atoms with van der Waals surface area (Å²) in [7, 11) is 3.60. The van der Waals surface area contributed by atoms with Crippen LogP contribution in [0.15, 0.2) is 41.0 Å². The van der Waals surface area contributed by atoms with Crippen LogP contribution in [-0.4, -0.2) is 27.4 Å². The zero-order chi connectivity index (χ0) is 14.4. The van der Waals surface area contributed by atoms with E-state index in [1.54, 1.807) is 13.4 Å². The van der Waals surface area contributed by atoms with Crippen molar-refractivity contribution in [3.8, 4) is 5.75 Å². The molecule has 0 spiro atoms. The lowest BCUT2D eigenvalue weighted by atomic mass is 10.00. The average molecular weight is 275 g/mol. The molecule has 2 aromatic rings. The van der Waals surface area contributed by atoms with E-state index in [-0.39, 0.29) is 6.04 Å². The zero-order valence-electron chi connectivity index (χ0n) is 12.2. The first-order valence-electron chi connectivity index (χ1n) is 6.69. The Kier molecular flexibility index (Phi) is 5.21. The van der Waals surface area contributed by atoms with Crippen molar-refractivity contribution < 1.29 is 13.9 Å². The van der Waals surface area contributed by atoms with Gasteiger partial charge in [-0.15, -0.1) is 0 Å². The number of nitrogens with one attached hydrogen (secondary N) is 1. The Hall–Kier alpha value is -1.78. The van der Waals surface area contributed by atoms with Crippen LogP contribution in [0.25, 0.3) is 0 Å². The third kappa shape index (κ3) is 3.40. The fraction of sp³-hybridized carbons (Fsp3) is 0.375. The molecule has 0 aliphatic carbocycles. The van der Waals surface area contributed by atoms with Crippen LogP contribution in [0.3, 0.4) is 0 Å². The van der Waals surface area contributed by atoms with Crippen LogP contribution in [0.5, 0.6) is 5.75 Å². The molecule has 0 saturated carbocycles. The largest absolute Gasteiger partial charge is 0.491 e. The zero-order valence-corrected chi connectivity index (χ0v) is 12.2. The Balaban J connectivity index is 2.25. The van der Waals surface area contributed by atoms with E-state index in [0.717, 1.165) is 22.6 Å². The molecule has 4 nitrogen and oxygen atoms in total. The number of hydrogen-bond acceptors (Lipinski definition) is 4. The molecule has 1 aromatic heterocycles. The van der Waals surface area contributed by atoms with Gasteiger partial charge in [0, 0.05) is 18.2 Å². The standard InChI is InChI=1S/C16H21NO3/c1-12-10-13(11-20-12)16(17-2)14-6-4-5-7-15(14)19-9-8-18-3/h4-7,10-11,16-17H,8-9H2,1-3H3.